The number of nitrogens with zero attached hydrogens (tertiary/aromatic N) is 1. The summed E-state index contributed by atoms with van der Waals surface area (Å²) in [5.74, 6) is 0. The fourth-order valence-corrected chi connectivity index (χ4v) is 1.70. The maximum atomic E-state index is 12.3. The van der Waals surface area contributed by atoms with Crippen LogP contribution in [-0.4, -0.2) is 0 Å². The Balaban J connectivity index is 3.44. The van der Waals surface area contributed by atoms with Crippen molar-refractivity contribution in [1.29, 1.82) is 5.26 Å². The van der Waals surface area contributed by atoms with Crippen LogP contribution in [-0.2, 0) is 6.18 Å². The zero-order chi connectivity index (χ0) is 10.9. The Kier molecular flexibility index (Phi) is 3.27. The van der Waals surface area contributed by atoms with Gasteiger partial charge in [-0.15, -0.1) is 0 Å². The molecule has 1 aromatic rings. The standard InChI is InChI=1S/C8H2ClF3IN/c9-7-5(8(10,11)12)1-4(3-14)2-6(7)13/h1-2H. The quantitative estimate of drug-likeness (QED) is 0.663. The van der Waals surface area contributed by atoms with Gasteiger partial charge in [-0.3, -0.25) is 0 Å². The van der Waals surface area contributed by atoms with Crippen LogP contribution in [0.1, 0.15) is 11.1 Å². The fraction of sp³-hybridized carbons (Fsp3) is 0.125. The van der Waals surface area contributed by atoms with Gasteiger partial charge >= 0.3 is 6.18 Å². The van der Waals surface area contributed by atoms with Crippen LogP contribution in [0.15, 0.2) is 12.1 Å². The average molecular weight is 331 g/mol. The zero-order valence-corrected chi connectivity index (χ0v) is 9.41. The minimum absolute atomic E-state index is 0.0499. The van der Waals surface area contributed by atoms with Crippen molar-refractivity contribution in [2.45, 2.75) is 6.18 Å². The number of hydrogen-bond acceptors (Lipinski definition) is 1. The molecule has 0 spiro atoms. The van der Waals surface area contributed by atoms with Crippen molar-refractivity contribution in [3.05, 3.63) is 31.9 Å². The molecule has 0 heterocycles. The van der Waals surface area contributed by atoms with E-state index in [9.17, 15) is 13.2 Å². The number of halogens is 5. The van der Waals surface area contributed by atoms with E-state index in [0.717, 1.165) is 6.07 Å². The Morgan fingerprint density at radius 3 is 2.36 bits per heavy atom. The van der Waals surface area contributed by atoms with E-state index >= 15 is 0 Å². The second-order valence-electron chi connectivity index (χ2n) is 2.43. The topological polar surface area (TPSA) is 23.8 Å². The van der Waals surface area contributed by atoms with Gasteiger partial charge in [0, 0.05) is 3.57 Å². The molecule has 0 unspecified atom stereocenters. The van der Waals surface area contributed by atoms with E-state index in [-0.39, 0.29) is 14.2 Å². The van der Waals surface area contributed by atoms with Gasteiger partial charge in [-0.25, -0.2) is 0 Å². The first-order valence-corrected chi connectivity index (χ1v) is 4.78. The molecule has 1 rings (SSSR count). The Hall–Kier alpha value is -0.480. The van der Waals surface area contributed by atoms with Crippen molar-refractivity contribution < 1.29 is 13.2 Å². The molecule has 1 aromatic carbocycles. The molecular formula is C8H2ClF3IN. The second kappa shape index (κ2) is 3.95. The Labute approximate surface area is 96.6 Å². The lowest BCUT2D eigenvalue weighted by atomic mass is 10.1. The minimum atomic E-state index is -4.52. The molecule has 0 fully saturated rings. The summed E-state index contributed by atoms with van der Waals surface area (Å²) in [4.78, 5) is 0. The molecule has 0 amide bonds. The van der Waals surface area contributed by atoms with Crippen molar-refractivity contribution in [2.24, 2.45) is 0 Å². The molecule has 0 N–H and O–H groups in total. The van der Waals surface area contributed by atoms with Crippen LogP contribution in [0.4, 0.5) is 13.2 Å². The van der Waals surface area contributed by atoms with Crippen LogP contribution >= 0.6 is 34.2 Å². The molecule has 74 valence electrons. The second-order valence-corrected chi connectivity index (χ2v) is 3.97. The Bertz CT molecular complexity index is 408. The SMILES string of the molecule is N#Cc1cc(I)c(Cl)c(C(F)(F)F)c1. The molecule has 6 heteroatoms. The molecule has 0 saturated carbocycles. The van der Waals surface area contributed by atoms with Crippen LogP contribution in [0.3, 0.4) is 0 Å². The molecule has 0 aliphatic rings. The largest absolute Gasteiger partial charge is 0.417 e. The van der Waals surface area contributed by atoms with E-state index < -0.39 is 11.7 Å². The lowest BCUT2D eigenvalue weighted by Gasteiger charge is -2.10. The molecule has 1 nitrogen and oxygen atoms in total. The summed E-state index contributed by atoms with van der Waals surface area (Å²) in [7, 11) is 0. The molecule has 0 radical (unpaired) electrons. The van der Waals surface area contributed by atoms with Crippen LogP contribution < -0.4 is 0 Å². The highest BCUT2D eigenvalue weighted by Gasteiger charge is 2.34. The van der Waals surface area contributed by atoms with Crippen LogP contribution in [0.2, 0.25) is 5.02 Å². The number of alkyl halides is 3. The zero-order valence-electron chi connectivity index (χ0n) is 6.49. The third-order valence-corrected chi connectivity index (χ3v) is 3.04. The normalized spacial score (nSPS) is 11.1. The van der Waals surface area contributed by atoms with Gasteiger partial charge < -0.3 is 0 Å². The monoisotopic (exact) mass is 331 g/mol. The summed E-state index contributed by atoms with van der Waals surface area (Å²) >= 11 is 7.13. The molecule has 0 aliphatic heterocycles. The molecular weight excluding hydrogens is 329 g/mol. The number of nitriles is 1. The van der Waals surface area contributed by atoms with E-state index in [4.69, 9.17) is 16.9 Å². The first-order chi connectivity index (χ1) is 6.36. The van der Waals surface area contributed by atoms with Gasteiger partial charge in [0.2, 0.25) is 0 Å². The summed E-state index contributed by atoms with van der Waals surface area (Å²) < 4.78 is 37.3. The highest BCUT2D eigenvalue weighted by Crippen LogP contribution is 2.37. The number of benzene rings is 1. The smallest absolute Gasteiger partial charge is 0.192 e. The molecule has 0 aromatic heterocycles. The first kappa shape index (κ1) is 11.6. The number of rotatable bonds is 0. The van der Waals surface area contributed by atoms with E-state index in [0.29, 0.717) is 0 Å². The minimum Gasteiger partial charge on any atom is -0.192 e. The van der Waals surface area contributed by atoms with Crippen molar-refractivity contribution >= 4 is 34.2 Å². The maximum Gasteiger partial charge on any atom is 0.417 e. The third-order valence-electron chi connectivity index (χ3n) is 1.46. The van der Waals surface area contributed by atoms with Gasteiger partial charge in [0.05, 0.1) is 22.2 Å². The Morgan fingerprint density at radius 1 is 1.36 bits per heavy atom. The van der Waals surface area contributed by atoms with Gasteiger partial charge in [0.15, 0.2) is 0 Å². The summed E-state index contributed by atoms with van der Waals surface area (Å²) in [5.41, 5.74) is -1.02. The van der Waals surface area contributed by atoms with Crippen molar-refractivity contribution in [1.82, 2.24) is 0 Å². The first-order valence-electron chi connectivity index (χ1n) is 3.32. The predicted octanol–water partition coefficient (Wildman–Crippen LogP) is 3.84. The van der Waals surface area contributed by atoms with E-state index in [1.54, 1.807) is 28.7 Å². The summed E-state index contributed by atoms with van der Waals surface area (Å²) in [6.07, 6.45) is -4.52. The lowest BCUT2D eigenvalue weighted by Crippen LogP contribution is -2.07. The summed E-state index contributed by atoms with van der Waals surface area (Å²) in [6, 6.07) is 3.69. The average Bonchev–Trinajstić information content (AvgIpc) is 2.07. The van der Waals surface area contributed by atoms with Gasteiger partial charge in [-0.05, 0) is 34.7 Å². The predicted molar refractivity (Wildman–Crippen MR) is 53.9 cm³/mol. The molecule has 0 atom stereocenters. The van der Waals surface area contributed by atoms with Gasteiger partial charge in [0.1, 0.15) is 0 Å². The maximum absolute atomic E-state index is 12.3. The van der Waals surface area contributed by atoms with Crippen LogP contribution in [0.25, 0.3) is 0 Å². The van der Waals surface area contributed by atoms with Crippen molar-refractivity contribution in [3.8, 4) is 6.07 Å². The highest BCUT2D eigenvalue weighted by atomic mass is 127. The van der Waals surface area contributed by atoms with Crippen molar-refractivity contribution in [3.63, 3.8) is 0 Å². The van der Waals surface area contributed by atoms with Gasteiger partial charge in [-0.2, -0.15) is 18.4 Å². The molecule has 14 heavy (non-hydrogen) atoms. The number of hydrogen-bond donors (Lipinski definition) is 0. The summed E-state index contributed by atoms with van der Waals surface area (Å²) in [5, 5.41) is 8.12. The fourth-order valence-electron chi connectivity index (χ4n) is 0.860. The van der Waals surface area contributed by atoms with Crippen LogP contribution in [0, 0.1) is 14.9 Å². The van der Waals surface area contributed by atoms with Gasteiger partial charge in [-0.1, -0.05) is 11.6 Å². The van der Waals surface area contributed by atoms with E-state index in [2.05, 4.69) is 0 Å². The lowest BCUT2D eigenvalue weighted by molar-refractivity contribution is -0.137. The third kappa shape index (κ3) is 2.30. The van der Waals surface area contributed by atoms with E-state index in [1.165, 1.54) is 6.07 Å². The highest BCUT2D eigenvalue weighted by molar-refractivity contribution is 14.1. The van der Waals surface area contributed by atoms with Gasteiger partial charge in [0.25, 0.3) is 0 Å². The molecule has 0 bridgehead atoms. The molecule has 0 aliphatic carbocycles. The van der Waals surface area contributed by atoms with Crippen LogP contribution in [0.5, 0.6) is 0 Å². The van der Waals surface area contributed by atoms with E-state index in [1.807, 2.05) is 0 Å². The summed E-state index contributed by atoms with van der Waals surface area (Å²) in [6.45, 7) is 0. The Morgan fingerprint density at radius 2 is 1.93 bits per heavy atom. The molecule has 0 saturated heterocycles. The van der Waals surface area contributed by atoms with Crippen molar-refractivity contribution in [2.75, 3.05) is 0 Å².